The number of rotatable bonds is 20. The van der Waals surface area contributed by atoms with Crippen molar-refractivity contribution in [1.82, 2.24) is 24.3 Å². The van der Waals surface area contributed by atoms with E-state index in [1.807, 2.05) is 76.0 Å². The second kappa shape index (κ2) is 17.5. The zero-order valence-electron chi connectivity index (χ0n) is 34.0. The van der Waals surface area contributed by atoms with Crippen molar-refractivity contribution in [3.05, 3.63) is 59.7 Å². The third-order valence-corrected chi connectivity index (χ3v) is 10.9. The maximum atomic E-state index is 13.3. The van der Waals surface area contributed by atoms with E-state index in [-0.39, 0.29) is 23.3 Å². The Bertz CT molecular complexity index is 1890. The average Bonchev–Trinajstić information content (AvgIpc) is 3.62. The quantitative estimate of drug-likeness (QED) is 0.137. The Balaban J connectivity index is 1.47. The van der Waals surface area contributed by atoms with Crippen LogP contribution in [-0.4, -0.2) is 86.4 Å². The highest BCUT2D eigenvalue weighted by Gasteiger charge is 2.50. The van der Waals surface area contributed by atoms with Crippen molar-refractivity contribution >= 4 is 38.4 Å². The fourth-order valence-corrected chi connectivity index (χ4v) is 8.20. The zero-order valence-corrected chi connectivity index (χ0v) is 35.7. The molecule has 54 heavy (non-hydrogen) atoms. The predicted octanol–water partition coefficient (Wildman–Crippen LogP) is 5.68. The second-order valence-corrected chi connectivity index (χ2v) is 18.5. The summed E-state index contributed by atoms with van der Waals surface area (Å²) in [6, 6.07) is 13.9. The van der Waals surface area contributed by atoms with Gasteiger partial charge in [0.25, 0.3) is 11.3 Å². The molecule has 0 spiro atoms. The fourth-order valence-electron chi connectivity index (χ4n) is 7.00. The molecule has 0 bridgehead atoms. The highest BCUT2D eigenvalue weighted by molar-refractivity contribution is 7.88. The number of aromatic nitrogens is 3. The summed E-state index contributed by atoms with van der Waals surface area (Å²) in [5, 5.41) is 9.37. The Morgan fingerprint density at radius 1 is 1.04 bits per heavy atom. The molecule has 0 saturated heterocycles. The van der Waals surface area contributed by atoms with Gasteiger partial charge in [-0.2, -0.15) is 9.31 Å². The van der Waals surface area contributed by atoms with E-state index in [1.54, 1.807) is 7.11 Å². The smallest absolute Gasteiger partial charge is 0.288 e. The van der Waals surface area contributed by atoms with Crippen molar-refractivity contribution < 1.29 is 26.3 Å². The average molecular weight is 789 g/mol. The van der Waals surface area contributed by atoms with Crippen molar-refractivity contribution in [1.29, 1.82) is 0 Å². The maximum absolute atomic E-state index is 13.3. The van der Waals surface area contributed by atoms with Gasteiger partial charge in [-0.25, -0.2) is 22.8 Å². The molecule has 3 atom stereocenters. The van der Waals surface area contributed by atoms with Crippen LogP contribution in [0, 0.1) is 5.41 Å². The van der Waals surface area contributed by atoms with Gasteiger partial charge in [0.2, 0.25) is 21.6 Å². The van der Waals surface area contributed by atoms with E-state index in [0.29, 0.717) is 55.1 Å². The molecule has 0 fully saturated rings. The SMILES string of the molecule is CCCOc1ccc(C(C)(C)CC(C)(C)C)cc1OS(=O)NCC(C)c1nc2n(n1)N=C(C)C2(OC)N(C)c1ccc(N(CC)CCNS(C)(=O)=O)cc1. The highest BCUT2D eigenvalue weighted by Crippen LogP contribution is 2.41. The van der Waals surface area contributed by atoms with E-state index in [0.717, 1.165) is 36.0 Å². The Kier molecular flexibility index (Phi) is 14.0. The van der Waals surface area contributed by atoms with Gasteiger partial charge in [-0.3, -0.25) is 0 Å². The summed E-state index contributed by atoms with van der Waals surface area (Å²) in [7, 11) is 0.268. The first kappa shape index (κ1) is 43.2. The molecule has 3 unspecified atom stereocenters. The fraction of sp³-hybridized carbons (Fsp3) is 0.605. The molecule has 14 nitrogen and oxygen atoms in total. The molecule has 0 aliphatic carbocycles. The van der Waals surface area contributed by atoms with Crippen molar-refractivity contribution in [3.63, 3.8) is 0 Å². The van der Waals surface area contributed by atoms with Crippen LogP contribution in [0.3, 0.4) is 0 Å². The monoisotopic (exact) mass is 788 g/mol. The lowest BCUT2D eigenvalue weighted by Gasteiger charge is -2.37. The van der Waals surface area contributed by atoms with Crippen molar-refractivity contribution in [2.45, 2.75) is 92.2 Å². The van der Waals surface area contributed by atoms with Crippen molar-refractivity contribution in [3.8, 4) is 11.5 Å². The predicted molar refractivity (Wildman–Crippen MR) is 217 cm³/mol. The van der Waals surface area contributed by atoms with E-state index < -0.39 is 27.0 Å². The first-order valence-corrected chi connectivity index (χ1v) is 21.4. The third kappa shape index (κ3) is 10.4. The summed E-state index contributed by atoms with van der Waals surface area (Å²) in [6.07, 6.45) is 2.94. The molecule has 2 N–H and O–H groups in total. The van der Waals surface area contributed by atoms with Crippen molar-refractivity contribution in [2.75, 3.05) is 63.0 Å². The van der Waals surface area contributed by atoms with Gasteiger partial charge in [0.05, 0.1) is 18.6 Å². The lowest BCUT2D eigenvalue weighted by atomic mass is 9.72. The van der Waals surface area contributed by atoms with E-state index in [1.165, 1.54) is 4.79 Å². The number of nitrogens with zero attached hydrogens (tertiary/aromatic N) is 6. The summed E-state index contributed by atoms with van der Waals surface area (Å²) in [5.41, 5.74) is 2.42. The summed E-state index contributed by atoms with van der Waals surface area (Å²) < 4.78 is 60.0. The number of benzene rings is 2. The Hall–Kier alpha value is -3.57. The van der Waals surface area contributed by atoms with Crippen LogP contribution in [0.5, 0.6) is 11.5 Å². The molecule has 300 valence electrons. The topological polar surface area (TPSA) is 153 Å². The minimum atomic E-state index is -3.26. The van der Waals surface area contributed by atoms with Crippen LogP contribution in [0.25, 0.3) is 0 Å². The van der Waals surface area contributed by atoms with Gasteiger partial charge < -0.3 is 23.5 Å². The van der Waals surface area contributed by atoms with Crippen LogP contribution in [0.2, 0.25) is 0 Å². The molecule has 1 aliphatic heterocycles. The summed E-state index contributed by atoms with van der Waals surface area (Å²) >= 11 is -1.88. The molecule has 16 heteroatoms. The molecule has 1 aromatic heterocycles. The number of nitrogens with one attached hydrogen (secondary N) is 2. The maximum Gasteiger partial charge on any atom is 0.288 e. The van der Waals surface area contributed by atoms with Crippen LogP contribution in [0.1, 0.15) is 98.3 Å². The Labute approximate surface area is 324 Å². The van der Waals surface area contributed by atoms with Crippen LogP contribution < -0.4 is 28.2 Å². The molecule has 1 aliphatic rings. The van der Waals surface area contributed by atoms with Crippen LogP contribution >= 0.6 is 0 Å². The van der Waals surface area contributed by atoms with Crippen LogP contribution in [-0.2, 0) is 37.2 Å². The van der Waals surface area contributed by atoms with E-state index >= 15 is 0 Å². The number of methoxy groups -OCH3 is 1. The van der Waals surface area contributed by atoms with Gasteiger partial charge in [-0.1, -0.05) is 54.5 Å². The lowest BCUT2D eigenvalue weighted by Crippen LogP contribution is -2.50. The molecule has 0 saturated carbocycles. The number of anilines is 2. The van der Waals surface area contributed by atoms with E-state index in [4.69, 9.17) is 18.6 Å². The number of likely N-dealkylation sites (N-methyl/N-ethyl adjacent to an activating group) is 1. The van der Waals surface area contributed by atoms with Gasteiger partial charge in [0.1, 0.15) is 0 Å². The zero-order chi connectivity index (χ0) is 40.1. The van der Waals surface area contributed by atoms with Gasteiger partial charge in [0, 0.05) is 57.6 Å². The normalized spacial score (nSPS) is 17.1. The molecular formula is C38H60N8O6S2. The summed E-state index contributed by atoms with van der Waals surface area (Å²) in [6.45, 7) is 21.3. The van der Waals surface area contributed by atoms with Gasteiger partial charge in [-0.05, 0) is 79.5 Å². The largest absolute Gasteiger partial charge is 0.490 e. The Morgan fingerprint density at radius 3 is 2.30 bits per heavy atom. The van der Waals surface area contributed by atoms with Crippen LogP contribution in [0.15, 0.2) is 47.6 Å². The summed E-state index contributed by atoms with van der Waals surface area (Å²) in [5.74, 6) is 1.74. The number of hydrogen-bond acceptors (Lipinski definition) is 11. The molecule has 3 aromatic rings. The first-order valence-electron chi connectivity index (χ1n) is 18.5. The minimum absolute atomic E-state index is 0.123. The molecular weight excluding hydrogens is 729 g/mol. The second-order valence-electron chi connectivity index (χ2n) is 15.7. The van der Waals surface area contributed by atoms with Gasteiger partial charge >= 0.3 is 0 Å². The number of fused-ring (bicyclic) bond motifs is 1. The molecule has 2 aromatic carbocycles. The highest BCUT2D eigenvalue weighted by atomic mass is 32.2. The number of sulfonamides is 1. The molecule has 0 radical (unpaired) electrons. The van der Waals surface area contributed by atoms with E-state index in [9.17, 15) is 12.6 Å². The van der Waals surface area contributed by atoms with Crippen molar-refractivity contribution in [2.24, 2.45) is 10.5 Å². The van der Waals surface area contributed by atoms with Crippen LogP contribution in [0.4, 0.5) is 11.4 Å². The minimum Gasteiger partial charge on any atom is -0.490 e. The molecule has 2 heterocycles. The molecule has 4 rings (SSSR count). The lowest BCUT2D eigenvalue weighted by molar-refractivity contribution is 0.0435. The summed E-state index contributed by atoms with van der Waals surface area (Å²) in [4.78, 5) is 10.5. The number of ether oxygens (including phenoxy) is 2. The first-order chi connectivity index (χ1) is 25.2. The van der Waals surface area contributed by atoms with E-state index in [2.05, 4.69) is 65.2 Å². The Morgan fingerprint density at radius 2 is 1.70 bits per heavy atom. The van der Waals surface area contributed by atoms with Gasteiger partial charge in [0.15, 0.2) is 17.3 Å². The number of hydrogen-bond donors (Lipinski definition) is 2. The third-order valence-electron chi connectivity index (χ3n) is 9.42. The molecule has 0 amide bonds. The standard InChI is InChI=1S/C38H60N8O6S2/c1-13-23-51-32-20-15-29(37(8,9)26-36(5,6)7)24-33(32)52-53(47)39-25-27(3)34-41-35-38(50-11,28(4)42-46(35)43-34)44(10)30-16-18-31(19-17-30)45(14-2)22-21-40-54(12,48)49/h15-20,24,27,39-40H,13-14,21-23,25-26H2,1-12H3. The van der Waals surface area contributed by atoms with Gasteiger partial charge in [-0.15, -0.1) is 9.89 Å².